The standard InChI is InChI=1S/C17H23ClN4O3.ClH/c1-21(2)7-8-22-17(23)16(18)13(11-20-22)19-10-12-5-6-14(24-3)15(9-12)25-4;/h5-6,9,11,19H,7-8,10H2,1-4H3;1H. The normalized spacial score (nSPS) is 10.4. The monoisotopic (exact) mass is 402 g/mol. The summed E-state index contributed by atoms with van der Waals surface area (Å²) in [5.74, 6) is 1.31. The Labute approximate surface area is 164 Å². The molecule has 1 aromatic heterocycles. The zero-order valence-corrected chi connectivity index (χ0v) is 16.9. The van der Waals surface area contributed by atoms with Crippen molar-refractivity contribution in [2.45, 2.75) is 13.1 Å². The van der Waals surface area contributed by atoms with Gasteiger partial charge in [0.15, 0.2) is 11.5 Å². The SMILES string of the molecule is COc1ccc(CNc2cnn(CCN(C)C)c(=O)c2Cl)cc1OC.Cl. The Morgan fingerprint density at radius 3 is 2.54 bits per heavy atom. The quantitative estimate of drug-likeness (QED) is 0.731. The van der Waals surface area contributed by atoms with Crippen LogP contribution in [-0.2, 0) is 13.1 Å². The summed E-state index contributed by atoms with van der Waals surface area (Å²) < 4.78 is 11.9. The summed E-state index contributed by atoms with van der Waals surface area (Å²) >= 11 is 6.19. The Kier molecular flexibility index (Phi) is 8.71. The first-order chi connectivity index (χ1) is 12.0. The van der Waals surface area contributed by atoms with E-state index < -0.39 is 0 Å². The van der Waals surface area contributed by atoms with E-state index in [9.17, 15) is 4.79 Å². The first-order valence-corrected chi connectivity index (χ1v) is 8.19. The van der Waals surface area contributed by atoms with Crippen LogP contribution in [0.25, 0.3) is 0 Å². The van der Waals surface area contributed by atoms with Crippen molar-refractivity contribution >= 4 is 29.7 Å². The lowest BCUT2D eigenvalue weighted by Gasteiger charge is -2.13. The van der Waals surface area contributed by atoms with Crippen LogP contribution in [0.4, 0.5) is 5.69 Å². The van der Waals surface area contributed by atoms with Crippen molar-refractivity contribution in [3.63, 3.8) is 0 Å². The number of benzene rings is 1. The van der Waals surface area contributed by atoms with Crippen LogP contribution in [-0.4, -0.2) is 49.5 Å². The van der Waals surface area contributed by atoms with Crippen molar-refractivity contribution in [1.29, 1.82) is 0 Å². The lowest BCUT2D eigenvalue weighted by Crippen LogP contribution is -2.29. The van der Waals surface area contributed by atoms with Crippen LogP contribution in [0.2, 0.25) is 5.02 Å². The lowest BCUT2D eigenvalue weighted by atomic mass is 10.2. The minimum absolute atomic E-state index is 0. The maximum Gasteiger partial charge on any atom is 0.287 e. The van der Waals surface area contributed by atoms with Gasteiger partial charge < -0.3 is 19.7 Å². The van der Waals surface area contributed by atoms with Gasteiger partial charge in [-0.1, -0.05) is 17.7 Å². The molecular formula is C17H24Cl2N4O3. The van der Waals surface area contributed by atoms with E-state index >= 15 is 0 Å². The molecular weight excluding hydrogens is 379 g/mol. The number of nitrogens with one attached hydrogen (secondary N) is 1. The van der Waals surface area contributed by atoms with E-state index in [4.69, 9.17) is 21.1 Å². The predicted molar refractivity (Wildman–Crippen MR) is 106 cm³/mol. The van der Waals surface area contributed by atoms with E-state index in [0.717, 1.165) is 5.56 Å². The minimum Gasteiger partial charge on any atom is -0.493 e. The molecule has 0 bridgehead atoms. The fourth-order valence-electron chi connectivity index (χ4n) is 2.23. The van der Waals surface area contributed by atoms with Crippen LogP contribution in [0, 0.1) is 0 Å². The van der Waals surface area contributed by atoms with Crippen LogP contribution < -0.4 is 20.3 Å². The van der Waals surface area contributed by atoms with Crippen molar-refractivity contribution in [2.24, 2.45) is 0 Å². The third-order valence-electron chi connectivity index (χ3n) is 3.67. The molecule has 2 aromatic rings. The number of hydrogen-bond donors (Lipinski definition) is 1. The number of ether oxygens (including phenoxy) is 2. The first kappa shape index (κ1) is 22.1. The summed E-state index contributed by atoms with van der Waals surface area (Å²) in [5, 5.41) is 7.44. The minimum atomic E-state index is -0.305. The second-order valence-electron chi connectivity index (χ2n) is 5.75. The molecule has 0 aliphatic rings. The summed E-state index contributed by atoms with van der Waals surface area (Å²) in [7, 11) is 7.05. The number of halogens is 2. The highest BCUT2D eigenvalue weighted by molar-refractivity contribution is 6.32. The fourth-order valence-corrected chi connectivity index (χ4v) is 2.44. The molecule has 0 spiro atoms. The Morgan fingerprint density at radius 2 is 1.92 bits per heavy atom. The third kappa shape index (κ3) is 5.52. The highest BCUT2D eigenvalue weighted by atomic mass is 35.5. The van der Waals surface area contributed by atoms with E-state index in [1.165, 1.54) is 4.68 Å². The molecule has 9 heteroatoms. The van der Waals surface area contributed by atoms with Gasteiger partial charge in [0.25, 0.3) is 5.56 Å². The number of anilines is 1. The third-order valence-corrected chi connectivity index (χ3v) is 4.04. The Bertz CT molecular complexity index is 781. The van der Waals surface area contributed by atoms with Gasteiger partial charge in [0.1, 0.15) is 5.02 Å². The molecule has 1 heterocycles. The molecule has 7 nitrogen and oxygen atoms in total. The molecule has 26 heavy (non-hydrogen) atoms. The molecule has 0 aliphatic carbocycles. The summed E-state index contributed by atoms with van der Waals surface area (Å²) in [6, 6.07) is 5.61. The molecule has 0 atom stereocenters. The average molecular weight is 403 g/mol. The summed E-state index contributed by atoms with van der Waals surface area (Å²) in [6.07, 6.45) is 1.57. The second-order valence-corrected chi connectivity index (χ2v) is 6.12. The number of hydrogen-bond acceptors (Lipinski definition) is 6. The highest BCUT2D eigenvalue weighted by Crippen LogP contribution is 2.28. The summed E-state index contributed by atoms with van der Waals surface area (Å²) in [6.45, 7) is 1.67. The van der Waals surface area contributed by atoms with E-state index in [1.54, 1.807) is 20.4 Å². The molecule has 0 fully saturated rings. The number of rotatable bonds is 8. The lowest BCUT2D eigenvalue weighted by molar-refractivity contribution is 0.354. The number of methoxy groups -OCH3 is 2. The van der Waals surface area contributed by atoms with Gasteiger partial charge in [0.05, 0.1) is 32.6 Å². The molecule has 0 aliphatic heterocycles. The predicted octanol–water partition coefficient (Wildman–Crippen LogP) is 2.51. The van der Waals surface area contributed by atoms with Gasteiger partial charge in [-0.2, -0.15) is 5.10 Å². The fraction of sp³-hybridized carbons (Fsp3) is 0.412. The van der Waals surface area contributed by atoms with Crippen LogP contribution in [0.1, 0.15) is 5.56 Å². The van der Waals surface area contributed by atoms with Gasteiger partial charge in [-0.15, -0.1) is 12.4 Å². The van der Waals surface area contributed by atoms with Crippen molar-refractivity contribution < 1.29 is 9.47 Å². The van der Waals surface area contributed by atoms with Gasteiger partial charge in [0.2, 0.25) is 0 Å². The molecule has 144 valence electrons. The first-order valence-electron chi connectivity index (χ1n) is 7.81. The van der Waals surface area contributed by atoms with Gasteiger partial charge in [0, 0.05) is 13.1 Å². The Morgan fingerprint density at radius 1 is 1.23 bits per heavy atom. The maximum atomic E-state index is 12.3. The molecule has 2 rings (SSSR count). The van der Waals surface area contributed by atoms with E-state index in [-0.39, 0.29) is 23.0 Å². The number of nitrogens with zero attached hydrogens (tertiary/aromatic N) is 3. The number of likely N-dealkylation sites (N-methyl/N-ethyl adjacent to an activating group) is 1. The van der Waals surface area contributed by atoms with Crippen LogP contribution in [0.3, 0.4) is 0 Å². The Hall–Kier alpha value is -1.96. The zero-order chi connectivity index (χ0) is 18.4. The number of aromatic nitrogens is 2. The molecule has 1 N–H and O–H groups in total. The van der Waals surface area contributed by atoms with E-state index in [1.807, 2.05) is 37.2 Å². The van der Waals surface area contributed by atoms with Crippen molar-refractivity contribution in [2.75, 3.05) is 40.2 Å². The smallest absolute Gasteiger partial charge is 0.287 e. The second kappa shape index (κ2) is 10.3. The van der Waals surface area contributed by atoms with Gasteiger partial charge in [-0.25, -0.2) is 4.68 Å². The van der Waals surface area contributed by atoms with Gasteiger partial charge in [-0.05, 0) is 31.8 Å². The van der Waals surface area contributed by atoms with E-state index in [2.05, 4.69) is 10.4 Å². The maximum absolute atomic E-state index is 12.3. The molecule has 0 radical (unpaired) electrons. The summed E-state index contributed by atoms with van der Waals surface area (Å²) in [5.41, 5.74) is 1.16. The molecule has 0 unspecified atom stereocenters. The van der Waals surface area contributed by atoms with Crippen LogP contribution in [0.5, 0.6) is 11.5 Å². The molecule has 0 amide bonds. The molecule has 0 saturated heterocycles. The Balaban J connectivity index is 0.00000338. The molecule has 0 saturated carbocycles. The zero-order valence-electron chi connectivity index (χ0n) is 15.3. The average Bonchev–Trinajstić information content (AvgIpc) is 2.61. The van der Waals surface area contributed by atoms with Crippen molar-refractivity contribution in [3.8, 4) is 11.5 Å². The molecule has 1 aromatic carbocycles. The van der Waals surface area contributed by atoms with Crippen LogP contribution >= 0.6 is 24.0 Å². The van der Waals surface area contributed by atoms with Crippen LogP contribution in [0.15, 0.2) is 29.2 Å². The van der Waals surface area contributed by atoms with Crippen molar-refractivity contribution in [1.82, 2.24) is 14.7 Å². The topological polar surface area (TPSA) is 68.6 Å². The highest BCUT2D eigenvalue weighted by Gasteiger charge is 2.10. The van der Waals surface area contributed by atoms with E-state index in [0.29, 0.717) is 36.8 Å². The summed E-state index contributed by atoms with van der Waals surface area (Å²) in [4.78, 5) is 14.2. The van der Waals surface area contributed by atoms with Gasteiger partial charge in [-0.3, -0.25) is 4.79 Å². The largest absolute Gasteiger partial charge is 0.493 e. The van der Waals surface area contributed by atoms with Crippen molar-refractivity contribution in [3.05, 3.63) is 45.3 Å². The van der Waals surface area contributed by atoms with Gasteiger partial charge >= 0.3 is 0 Å².